The van der Waals surface area contributed by atoms with Gasteiger partial charge in [-0.05, 0) is 30.2 Å². The first-order valence-electron chi connectivity index (χ1n) is 6.25. The predicted octanol–water partition coefficient (Wildman–Crippen LogP) is 2.41. The molecule has 1 N–H and O–H groups in total. The molecule has 96 valence electrons. The molecule has 2 aromatic rings. The summed E-state index contributed by atoms with van der Waals surface area (Å²) in [5.41, 5.74) is 2.15. The lowest BCUT2D eigenvalue weighted by Gasteiger charge is -2.09. The van der Waals surface area contributed by atoms with Gasteiger partial charge < -0.3 is 5.32 Å². The van der Waals surface area contributed by atoms with E-state index in [9.17, 15) is 4.79 Å². The molecule has 1 aliphatic rings. The van der Waals surface area contributed by atoms with Crippen LogP contribution in [0.25, 0.3) is 0 Å². The summed E-state index contributed by atoms with van der Waals surface area (Å²) < 4.78 is 0. The third kappa shape index (κ3) is 2.79. The second-order valence-electron chi connectivity index (χ2n) is 4.46. The second-order valence-corrected chi connectivity index (χ2v) is 5.70. The van der Waals surface area contributed by atoms with Crippen molar-refractivity contribution in [3.63, 3.8) is 0 Å². The van der Waals surface area contributed by atoms with Crippen molar-refractivity contribution >= 4 is 17.7 Å². The molecule has 0 spiro atoms. The lowest BCUT2D eigenvalue weighted by Crippen LogP contribution is -2.32. The highest BCUT2D eigenvalue weighted by atomic mass is 32.2. The molecule has 1 aromatic heterocycles. The largest absolute Gasteiger partial charge is 0.349 e. The number of aromatic nitrogens is 1. The highest BCUT2D eigenvalue weighted by Crippen LogP contribution is 2.36. The maximum absolute atomic E-state index is 12.1. The molecule has 4 heteroatoms. The van der Waals surface area contributed by atoms with Crippen LogP contribution in [0.1, 0.15) is 11.3 Å². The van der Waals surface area contributed by atoms with Crippen LogP contribution in [-0.2, 0) is 17.8 Å². The SMILES string of the molecule is O=C(NCc1ccccn1)C1Cc2ccccc2S1. The summed E-state index contributed by atoms with van der Waals surface area (Å²) in [5, 5.41) is 2.94. The number of benzene rings is 1. The smallest absolute Gasteiger partial charge is 0.234 e. The molecule has 0 aliphatic carbocycles. The highest BCUT2D eigenvalue weighted by Gasteiger charge is 2.27. The summed E-state index contributed by atoms with van der Waals surface area (Å²) >= 11 is 1.65. The molecule has 1 atom stereocenters. The normalized spacial score (nSPS) is 16.9. The number of thioether (sulfide) groups is 1. The van der Waals surface area contributed by atoms with Crippen molar-refractivity contribution in [2.45, 2.75) is 23.1 Å². The van der Waals surface area contributed by atoms with E-state index >= 15 is 0 Å². The van der Waals surface area contributed by atoms with E-state index in [0.29, 0.717) is 6.54 Å². The minimum atomic E-state index is -0.0129. The molecule has 3 nitrogen and oxygen atoms in total. The number of carbonyl (C=O) groups excluding carboxylic acids is 1. The zero-order chi connectivity index (χ0) is 13.1. The summed E-state index contributed by atoms with van der Waals surface area (Å²) in [6.45, 7) is 0.493. The van der Waals surface area contributed by atoms with E-state index in [1.165, 1.54) is 10.5 Å². The van der Waals surface area contributed by atoms with Gasteiger partial charge in [0, 0.05) is 11.1 Å². The van der Waals surface area contributed by atoms with Gasteiger partial charge in [0.15, 0.2) is 0 Å². The van der Waals surface area contributed by atoms with Gasteiger partial charge in [0.05, 0.1) is 17.5 Å². The number of nitrogens with zero attached hydrogens (tertiary/aromatic N) is 1. The number of hydrogen-bond acceptors (Lipinski definition) is 3. The third-order valence-corrected chi connectivity index (χ3v) is 4.43. The number of nitrogens with one attached hydrogen (secondary N) is 1. The van der Waals surface area contributed by atoms with E-state index < -0.39 is 0 Å². The van der Waals surface area contributed by atoms with Gasteiger partial charge in [-0.2, -0.15) is 0 Å². The van der Waals surface area contributed by atoms with Crippen LogP contribution in [0.3, 0.4) is 0 Å². The summed E-state index contributed by atoms with van der Waals surface area (Å²) in [7, 11) is 0. The van der Waals surface area contributed by atoms with Gasteiger partial charge in [0.2, 0.25) is 5.91 Å². The molecule has 0 radical (unpaired) electrons. The summed E-state index contributed by atoms with van der Waals surface area (Å²) in [6.07, 6.45) is 2.55. The molecular formula is C15H14N2OS. The van der Waals surface area contributed by atoms with Gasteiger partial charge in [0.25, 0.3) is 0 Å². The maximum Gasteiger partial charge on any atom is 0.234 e. The van der Waals surface area contributed by atoms with Gasteiger partial charge in [0.1, 0.15) is 0 Å². The van der Waals surface area contributed by atoms with Gasteiger partial charge in [-0.15, -0.1) is 11.8 Å². The Labute approximate surface area is 116 Å². The molecular weight excluding hydrogens is 256 g/mol. The second kappa shape index (κ2) is 5.45. The first-order valence-corrected chi connectivity index (χ1v) is 7.13. The maximum atomic E-state index is 12.1. The van der Waals surface area contributed by atoms with Crippen LogP contribution < -0.4 is 5.32 Å². The van der Waals surface area contributed by atoms with Crippen molar-refractivity contribution in [2.75, 3.05) is 0 Å². The van der Waals surface area contributed by atoms with Crippen molar-refractivity contribution in [1.82, 2.24) is 10.3 Å². The van der Waals surface area contributed by atoms with E-state index in [0.717, 1.165) is 12.1 Å². The molecule has 1 aromatic carbocycles. The van der Waals surface area contributed by atoms with E-state index in [1.807, 2.05) is 30.3 Å². The van der Waals surface area contributed by atoms with Crippen LogP contribution in [0.4, 0.5) is 0 Å². The fourth-order valence-electron chi connectivity index (χ4n) is 2.12. The standard InChI is InChI=1S/C15H14N2OS/c18-15(17-10-12-6-3-4-8-16-12)14-9-11-5-1-2-7-13(11)19-14/h1-8,14H,9-10H2,(H,17,18). The lowest BCUT2D eigenvalue weighted by molar-refractivity contribution is -0.120. The van der Waals surface area contributed by atoms with Crippen LogP contribution >= 0.6 is 11.8 Å². The van der Waals surface area contributed by atoms with Crippen molar-refractivity contribution < 1.29 is 4.79 Å². The van der Waals surface area contributed by atoms with Crippen LogP contribution in [0.2, 0.25) is 0 Å². The molecule has 1 amide bonds. The summed E-state index contributed by atoms with van der Waals surface area (Å²) in [4.78, 5) is 17.5. The third-order valence-electron chi connectivity index (χ3n) is 3.11. The number of pyridine rings is 1. The first-order chi connectivity index (χ1) is 9.33. The number of fused-ring (bicyclic) bond motifs is 1. The molecule has 1 unspecified atom stereocenters. The average Bonchev–Trinajstić information content (AvgIpc) is 2.90. The Morgan fingerprint density at radius 1 is 1.26 bits per heavy atom. The zero-order valence-electron chi connectivity index (χ0n) is 10.4. The quantitative estimate of drug-likeness (QED) is 0.931. The lowest BCUT2D eigenvalue weighted by atomic mass is 10.1. The molecule has 0 saturated carbocycles. The Morgan fingerprint density at radius 3 is 2.89 bits per heavy atom. The topological polar surface area (TPSA) is 42.0 Å². The fourth-order valence-corrected chi connectivity index (χ4v) is 3.34. The van der Waals surface area contributed by atoms with Crippen LogP contribution in [0.5, 0.6) is 0 Å². The summed E-state index contributed by atoms with van der Waals surface area (Å²) in [5.74, 6) is 0.0897. The molecule has 19 heavy (non-hydrogen) atoms. The van der Waals surface area contributed by atoms with Crippen LogP contribution in [-0.4, -0.2) is 16.1 Å². The monoisotopic (exact) mass is 270 g/mol. The molecule has 2 heterocycles. The van der Waals surface area contributed by atoms with Crippen molar-refractivity contribution in [1.29, 1.82) is 0 Å². The van der Waals surface area contributed by atoms with Crippen molar-refractivity contribution in [3.8, 4) is 0 Å². The number of hydrogen-bond donors (Lipinski definition) is 1. The first kappa shape index (κ1) is 12.2. The van der Waals surface area contributed by atoms with Gasteiger partial charge in [-0.25, -0.2) is 0 Å². The predicted molar refractivity (Wildman–Crippen MR) is 75.9 cm³/mol. The number of carbonyl (C=O) groups is 1. The van der Waals surface area contributed by atoms with Crippen molar-refractivity contribution in [2.24, 2.45) is 0 Å². The Bertz CT molecular complexity index is 561. The Morgan fingerprint density at radius 2 is 2.11 bits per heavy atom. The van der Waals surface area contributed by atoms with Crippen LogP contribution in [0, 0.1) is 0 Å². The van der Waals surface area contributed by atoms with Crippen LogP contribution in [0.15, 0.2) is 53.6 Å². The van der Waals surface area contributed by atoms with Gasteiger partial charge >= 0.3 is 0 Å². The molecule has 0 bridgehead atoms. The average molecular weight is 270 g/mol. The van der Waals surface area contributed by atoms with E-state index in [4.69, 9.17) is 0 Å². The minimum Gasteiger partial charge on any atom is -0.349 e. The van der Waals surface area contributed by atoms with E-state index in [-0.39, 0.29) is 11.2 Å². The summed E-state index contributed by atoms with van der Waals surface area (Å²) in [6, 6.07) is 13.9. The van der Waals surface area contributed by atoms with Gasteiger partial charge in [-0.1, -0.05) is 24.3 Å². The van der Waals surface area contributed by atoms with E-state index in [1.54, 1.807) is 18.0 Å². The fraction of sp³-hybridized carbons (Fsp3) is 0.200. The Kier molecular flexibility index (Phi) is 3.51. The zero-order valence-corrected chi connectivity index (χ0v) is 11.2. The minimum absolute atomic E-state index is 0.0129. The molecule has 0 fully saturated rings. The highest BCUT2D eigenvalue weighted by molar-refractivity contribution is 8.01. The Balaban J connectivity index is 1.58. The Hall–Kier alpha value is -1.81. The number of amides is 1. The van der Waals surface area contributed by atoms with E-state index in [2.05, 4.69) is 22.4 Å². The van der Waals surface area contributed by atoms with Gasteiger partial charge in [-0.3, -0.25) is 9.78 Å². The molecule has 0 saturated heterocycles. The molecule has 1 aliphatic heterocycles. The number of rotatable bonds is 3. The van der Waals surface area contributed by atoms with Crippen molar-refractivity contribution in [3.05, 3.63) is 59.9 Å². The molecule has 3 rings (SSSR count).